The molecular formula is C16H20FNO3. The van der Waals surface area contributed by atoms with Gasteiger partial charge in [0.2, 0.25) is 0 Å². The maximum absolute atomic E-state index is 15.4. The number of hydrogen-bond donors (Lipinski definition) is 0. The predicted octanol–water partition coefficient (Wildman–Crippen LogP) is 1.79. The first-order chi connectivity index (χ1) is 10.1. The lowest BCUT2D eigenvalue weighted by Gasteiger charge is -2.40. The van der Waals surface area contributed by atoms with Gasteiger partial charge in [-0.15, -0.1) is 0 Å². The van der Waals surface area contributed by atoms with Gasteiger partial charge in [0.15, 0.2) is 0 Å². The number of benzene rings is 1. The predicted molar refractivity (Wildman–Crippen MR) is 75.4 cm³/mol. The van der Waals surface area contributed by atoms with Gasteiger partial charge in [-0.2, -0.15) is 0 Å². The van der Waals surface area contributed by atoms with Crippen LogP contribution in [0, 0.1) is 5.41 Å². The first-order valence-electron chi connectivity index (χ1n) is 7.21. The maximum atomic E-state index is 15.4. The van der Waals surface area contributed by atoms with Crippen molar-refractivity contribution in [2.45, 2.75) is 18.6 Å². The van der Waals surface area contributed by atoms with E-state index in [9.17, 15) is 4.79 Å². The lowest BCUT2D eigenvalue weighted by molar-refractivity contribution is -0.175. The number of methoxy groups -OCH3 is 1. The van der Waals surface area contributed by atoms with Crippen molar-refractivity contribution in [2.24, 2.45) is 5.41 Å². The number of halogens is 1. The second kappa shape index (κ2) is 5.39. The number of esters is 1. The molecule has 21 heavy (non-hydrogen) atoms. The molecule has 0 spiro atoms. The summed E-state index contributed by atoms with van der Waals surface area (Å²) in [6.07, 6.45) is 0.243. The fourth-order valence-corrected chi connectivity index (χ4v) is 3.51. The first kappa shape index (κ1) is 14.5. The van der Waals surface area contributed by atoms with Gasteiger partial charge in [0, 0.05) is 32.7 Å². The zero-order valence-electron chi connectivity index (χ0n) is 12.2. The molecule has 0 aromatic heterocycles. The number of ether oxygens (including phenoxy) is 2. The molecule has 0 bridgehead atoms. The Balaban J connectivity index is 1.84. The molecule has 0 aliphatic carbocycles. The maximum Gasteiger partial charge on any atom is 0.318 e. The summed E-state index contributed by atoms with van der Waals surface area (Å²) < 4.78 is 25.7. The van der Waals surface area contributed by atoms with Crippen LogP contribution < -0.4 is 0 Å². The molecule has 0 unspecified atom stereocenters. The summed E-state index contributed by atoms with van der Waals surface area (Å²) in [5.74, 6) is -0.500. The largest absolute Gasteiger partial charge is 0.468 e. The zero-order chi connectivity index (χ0) is 14.9. The van der Waals surface area contributed by atoms with Crippen LogP contribution in [0.5, 0.6) is 0 Å². The van der Waals surface area contributed by atoms with Crippen LogP contribution in [0.4, 0.5) is 4.39 Å². The molecule has 0 amide bonds. The Bertz CT molecular complexity index is 524. The Labute approximate surface area is 123 Å². The number of hydrogen-bond acceptors (Lipinski definition) is 4. The van der Waals surface area contributed by atoms with Crippen LogP contribution in [0.1, 0.15) is 12.0 Å². The summed E-state index contributed by atoms with van der Waals surface area (Å²) in [5.41, 5.74) is -1.64. The highest BCUT2D eigenvalue weighted by Crippen LogP contribution is 2.48. The Morgan fingerprint density at radius 1 is 1.38 bits per heavy atom. The molecule has 0 N–H and O–H groups in total. The van der Waals surface area contributed by atoms with E-state index in [2.05, 4.69) is 0 Å². The highest BCUT2D eigenvalue weighted by Gasteiger charge is 2.65. The number of rotatable bonds is 3. The topological polar surface area (TPSA) is 38.8 Å². The van der Waals surface area contributed by atoms with E-state index in [-0.39, 0.29) is 19.6 Å². The van der Waals surface area contributed by atoms with E-state index in [1.807, 2.05) is 35.2 Å². The summed E-state index contributed by atoms with van der Waals surface area (Å²) in [6, 6.07) is 9.89. The highest BCUT2D eigenvalue weighted by atomic mass is 19.1. The number of fused-ring (bicyclic) bond motifs is 1. The van der Waals surface area contributed by atoms with Gasteiger partial charge in [-0.05, 0) is 5.56 Å². The molecule has 114 valence electrons. The highest BCUT2D eigenvalue weighted by molar-refractivity contribution is 5.80. The van der Waals surface area contributed by atoms with E-state index in [4.69, 9.17) is 9.47 Å². The lowest BCUT2D eigenvalue weighted by Crippen LogP contribution is -2.56. The molecule has 2 atom stereocenters. The van der Waals surface area contributed by atoms with Crippen LogP contribution in [0.25, 0.3) is 0 Å². The Morgan fingerprint density at radius 3 is 2.86 bits per heavy atom. The minimum Gasteiger partial charge on any atom is -0.468 e. The van der Waals surface area contributed by atoms with Crippen LogP contribution in [-0.2, 0) is 20.8 Å². The molecule has 5 heteroatoms. The summed E-state index contributed by atoms with van der Waals surface area (Å²) in [7, 11) is 1.31. The Kier molecular flexibility index (Phi) is 3.71. The summed E-state index contributed by atoms with van der Waals surface area (Å²) >= 11 is 0. The Morgan fingerprint density at radius 2 is 2.14 bits per heavy atom. The van der Waals surface area contributed by atoms with Crippen molar-refractivity contribution in [3.8, 4) is 0 Å². The van der Waals surface area contributed by atoms with E-state index in [0.717, 1.165) is 5.56 Å². The number of nitrogens with zero attached hydrogens (tertiary/aromatic N) is 1. The van der Waals surface area contributed by atoms with Gasteiger partial charge in [0.25, 0.3) is 0 Å². The standard InChI is InChI=1S/C16H20FNO3/c1-20-14(19)15-10-18(9-13-5-3-2-4-6-13)11-16(15,17)7-8-21-12-15/h2-6H,7-12H2,1H3/t15-,16+/m1/s1. The zero-order valence-corrected chi connectivity index (χ0v) is 12.2. The van der Waals surface area contributed by atoms with Crippen molar-refractivity contribution >= 4 is 5.97 Å². The monoisotopic (exact) mass is 293 g/mol. The molecule has 1 aromatic carbocycles. The molecule has 3 rings (SSSR count). The van der Waals surface area contributed by atoms with Crippen LogP contribution in [0.2, 0.25) is 0 Å². The third kappa shape index (κ3) is 2.34. The molecule has 0 radical (unpaired) electrons. The van der Waals surface area contributed by atoms with Gasteiger partial charge in [-0.1, -0.05) is 30.3 Å². The molecule has 2 saturated heterocycles. The van der Waals surface area contributed by atoms with Crippen LogP contribution >= 0.6 is 0 Å². The fraction of sp³-hybridized carbons (Fsp3) is 0.562. The molecule has 0 saturated carbocycles. The second-order valence-electron chi connectivity index (χ2n) is 5.97. The van der Waals surface area contributed by atoms with Gasteiger partial charge >= 0.3 is 5.97 Å². The fourth-order valence-electron chi connectivity index (χ4n) is 3.51. The molecule has 2 heterocycles. The molecule has 4 nitrogen and oxygen atoms in total. The van der Waals surface area contributed by atoms with Gasteiger partial charge < -0.3 is 9.47 Å². The first-order valence-corrected chi connectivity index (χ1v) is 7.21. The SMILES string of the molecule is COC(=O)[C@@]12COCC[C@]1(F)CN(Cc1ccccc1)C2. The number of alkyl halides is 1. The molecule has 2 aliphatic heterocycles. The van der Waals surface area contributed by atoms with Crippen LogP contribution in [0.3, 0.4) is 0 Å². The average molecular weight is 293 g/mol. The quantitative estimate of drug-likeness (QED) is 0.797. The van der Waals surface area contributed by atoms with E-state index >= 15 is 4.39 Å². The number of carbonyl (C=O) groups is 1. The smallest absolute Gasteiger partial charge is 0.318 e. The molecular weight excluding hydrogens is 273 g/mol. The molecule has 2 fully saturated rings. The van der Waals surface area contributed by atoms with Crippen LogP contribution in [-0.4, -0.2) is 50.0 Å². The van der Waals surface area contributed by atoms with Gasteiger partial charge in [-0.3, -0.25) is 9.69 Å². The molecule has 1 aromatic rings. The van der Waals surface area contributed by atoms with Crippen molar-refractivity contribution in [1.82, 2.24) is 4.90 Å². The second-order valence-corrected chi connectivity index (χ2v) is 5.97. The van der Waals surface area contributed by atoms with E-state index in [1.54, 1.807) is 0 Å². The summed E-state index contributed by atoms with van der Waals surface area (Å²) in [5, 5.41) is 0. The third-order valence-corrected chi connectivity index (χ3v) is 4.64. The third-order valence-electron chi connectivity index (χ3n) is 4.64. The normalized spacial score (nSPS) is 32.7. The minimum atomic E-state index is -1.56. The van der Waals surface area contributed by atoms with Crippen molar-refractivity contribution < 1.29 is 18.7 Å². The van der Waals surface area contributed by atoms with Crippen molar-refractivity contribution in [1.29, 1.82) is 0 Å². The van der Waals surface area contributed by atoms with Crippen molar-refractivity contribution in [3.63, 3.8) is 0 Å². The van der Waals surface area contributed by atoms with E-state index in [1.165, 1.54) is 7.11 Å². The van der Waals surface area contributed by atoms with Gasteiger partial charge in [0.1, 0.15) is 11.1 Å². The number of carbonyl (C=O) groups excluding carboxylic acids is 1. The lowest BCUT2D eigenvalue weighted by atomic mass is 9.73. The summed E-state index contributed by atoms with van der Waals surface area (Å²) in [4.78, 5) is 14.2. The molecule has 2 aliphatic rings. The van der Waals surface area contributed by atoms with E-state index < -0.39 is 17.1 Å². The average Bonchev–Trinajstić information content (AvgIpc) is 2.80. The Hall–Kier alpha value is -1.46. The van der Waals surface area contributed by atoms with E-state index in [0.29, 0.717) is 19.7 Å². The van der Waals surface area contributed by atoms with Gasteiger partial charge in [0.05, 0.1) is 13.7 Å². The van der Waals surface area contributed by atoms with Crippen molar-refractivity contribution in [2.75, 3.05) is 33.4 Å². The van der Waals surface area contributed by atoms with Gasteiger partial charge in [-0.25, -0.2) is 4.39 Å². The minimum absolute atomic E-state index is 0.0987. The number of likely N-dealkylation sites (tertiary alicyclic amines) is 1. The summed E-state index contributed by atoms with van der Waals surface area (Å²) in [6.45, 7) is 1.67. The van der Waals surface area contributed by atoms with Crippen LogP contribution in [0.15, 0.2) is 30.3 Å². The van der Waals surface area contributed by atoms with Crippen molar-refractivity contribution in [3.05, 3.63) is 35.9 Å².